The minimum atomic E-state index is 0.969. The molecule has 0 aromatic carbocycles. The lowest BCUT2D eigenvalue weighted by Crippen LogP contribution is -2.42. The molecule has 1 aliphatic heterocycles. The molecule has 1 aliphatic rings. The molecule has 1 aromatic heterocycles. The Bertz CT molecular complexity index is 266. The van der Waals surface area contributed by atoms with Gasteiger partial charge in [-0.05, 0) is 6.92 Å². The van der Waals surface area contributed by atoms with E-state index < -0.39 is 0 Å². The van der Waals surface area contributed by atoms with Crippen molar-refractivity contribution in [3.05, 3.63) is 17.5 Å². The fourth-order valence-electron chi connectivity index (χ4n) is 1.57. The Hall–Kier alpha value is -0.870. The maximum absolute atomic E-state index is 4.89. The van der Waals surface area contributed by atoms with Crippen LogP contribution in [-0.2, 0) is 6.54 Å². The third kappa shape index (κ3) is 2.08. The van der Waals surface area contributed by atoms with Crippen LogP contribution < -0.4 is 5.32 Å². The molecule has 0 aliphatic carbocycles. The quantitative estimate of drug-likeness (QED) is 0.716. The van der Waals surface area contributed by atoms with Crippen molar-refractivity contribution < 1.29 is 4.52 Å². The minimum Gasteiger partial charge on any atom is -0.364 e. The van der Waals surface area contributed by atoms with Gasteiger partial charge in [-0.2, -0.15) is 0 Å². The van der Waals surface area contributed by atoms with Gasteiger partial charge in [0.25, 0.3) is 0 Å². The van der Waals surface area contributed by atoms with Crippen molar-refractivity contribution in [1.29, 1.82) is 0 Å². The van der Waals surface area contributed by atoms with Crippen LogP contribution >= 0.6 is 0 Å². The molecule has 0 saturated carbocycles. The largest absolute Gasteiger partial charge is 0.364 e. The summed E-state index contributed by atoms with van der Waals surface area (Å²) in [4.78, 5) is 2.41. The van der Waals surface area contributed by atoms with Gasteiger partial charge in [0.15, 0.2) is 0 Å². The molecule has 0 atom stereocenters. The lowest BCUT2D eigenvalue weighted by atomic mass is 10.2. The van der Waals surface area contributed by atoms with Gasteiger partial charge in [-0.15, -0.1) is 0 Å². The van der Waals surface area contributed by atoms with Crippen molar-refractivity contribution in [3.63, 3.8) is 0 Å². The van der Waals surface area contributed by atoms with Crippen LogP contribution in [0.4, 0.5) is 0 Å². The van der Waals surface area contributed by atoms with Gasteiger partial charge in [0, 0.05) is 38.3 Å². The monoisotopic (exact) mass is 181 g/mol. The van der Waals surface area contributed by atoms with E-state index in [1.165, 1.54) is 5.56 Å². The van der Waals surface area contributed by atoms with Gasteiger partial charge in [0.1, 0.15) is 6.26 Å². The first-order chi connectivity index (χ1) is 6.36. The number of hydrogen-bond acceptors (Lipinski definition) is 4. The fraction of sp³-hybridized carbons (Fsp3) is 0.667. The van der Waals surface area contributed by atoms with E-state index in [1.807, 2.05) is 6.92 Å². The van der Waals surface area contributed by atoms with Crippen molar-refractivity contribution in [2.75, 3.05) is 26.2 Å². The zero-order chi connectivity index (χ0) is 9.10. The molecule has 4 heteroatoms. The van der Waals surface area contributed by atoms with Crippen LogP contribution in [0.3, 0.4) is 0 Å². The predicted molar refractivity (Wildman–Crippen MR) is 49.4 cm³/mol. The molecule has 2 heterocycles. The molecular formula is C9H15N3O. The molecule has 1 saturated heterocycles. The van der Waals surface area contributed by atoms with Gasteiger partial charge >= 0.3 is 0 Å². The minimum absolute atomic E-state index is 0.969. The average molecular weight is 181 g/mol. The first-order valence-corrected chi connectivity index (χ1v) is 4.69. The van der Waals surface area contributed by atoms with Crippen molar-refractivity contribution in [1.82, 2.24) is 15.4 Å². The second-order valence-electron chi connectivity index (χ2n) is 3.45. The second kappa shape index (κ2) is 3.89. The number of rotatable bonds is 2. The Kier molecular flexibility index (Phi) is 2.61. The highest BCUT2D eigenvalue weighted by Gasteiger charge is 2.12. The van der Waals surface area contributed by atoms with E-state index in [-0.39, 0.29) is 0 Å². The number of aromatic nitrogens is 1. The van der Waals surface area contributed by atoms with Crippen molar-refractivity contribution in [3.8, 4) is 0 Å². The van der Waals surface area contributed by atoms with E-state index >= 15 is 0 Å². The summed E-state index contributed by atoms with van der Waals surface area (Å²) < 4.78 is 4.89. The lowest BCUT2D eigenvalue weighted by molar-refractivity contribution is 0.232. The topological polar surface area (TPSA) is 41.3 Å². The molecule has 13 heavy (non-hydrogen) atoms. The van der Waals surface area contributed by atoms with Crippen LogP contribution in [0.5, 0.6) is 0 Å². The molecule has 4 nitrogen and oxygen atoms in total. The van der Waals surface area contributed by atoms with Crippen LogP contribution in [0.25, 0.3) is 0 Å². The summed E-state index contributed by atoms with van der Waals surface area (Å²) in [5, 5.41) is 7.19. The Morgan fingerprint density at radius 3 is 2.92 bits per heavy atom. The maximum Gasteiger partial charge on any atom is 0.128 e. The molecule has 0 amide bonds. The van der Waals surface area contributed by atoms with Gasteiger partial charge in [0.05, 0.1) is 5.69 Å². The summed E-state index contributed by atoms with van der Waals surface area (Å²) in [6.07, 6.45) is 1.75. The molecule has 1 fully saturated rings. The highest BCUT2D eigenvalue weighted by atomic mass is 16.5. The highest BCUT2D eigenvalue weighted by Crippen LogP contribution is 2.08. The summed E-state index contributed by atoms with van der Waals surface area (Å²) in [5.74, 6) is 0. The molecule has 0 spiro atoms. The number of nitrogens with one attached hydrogen (secondary N) is 1. The van der Waals surface area contributed by atoms with Gasteiger partial charge in [0.2, 0.25) is 0 Å². The van der Waals surface area contributed by atoms with E-state index in [1.54, 1.807) is 6.26 Å². The van der Waals surface area contributed by atoms with Gasteiger partial charge in [-0.3, -0.25) is 4.90 Å². The first-order valence-electron chi connectivity index (χ1n) is 4.69. The van der Waals surface area contributed by atoms with Gasteiger partial charge < -0.3 is 9.84 Å². The van der Waals surface area contributed by atoms with Crippen molar-refractivity contribution in [2.24, 2.45) is 0 Å². The summed E-state index contributed by atoms with van der Waals surface area (Å²) in [5.41, 5.74) is 2.22. The number of nitrogens with zero attached hydrogens (tertiary/aromatic N) is 2. The summed E-state index contributed by atoms with van der Waals surface area (Å²) in [6, 6.07) is 0. The number of hydrogen-bond donors (Lipinski definition) is 1. The first kappa shape index (κ1) is 8.72. The molecule has 2 rings (SSSR count). The van der Waals surface area contributed by atoms with E-state index in [9.17, 15) is 0 Å². The SMILES string of the molecule is Cc1nocc1CN1CCNCC1. The third-order valence-electron chi connectivity index (χ3n) is 2.45. The van der Waals surface area contributed by atoms with Crippen LogP contribution in [0.15, 0.2) is 10.8 Å². The summed E-state index contributed by atoms with van der Waals surface area (Å²) >= 11 is 0. The van der Waals surface area contributed by atoms with E-state index in [0.29, 0.717) is 0 Å². The highest BCUT2D eigenvalue weighted by molar-refractivity contribution is 5.12. The van der Waals surface area contributed by atoms with Crippen LogP contribution in [0, 0.1) is 6.92 Å². The van der Waals surface area contributed by atoms with E-state index in [2.05, 4.69) is 15.4 Å². The zero-order valence-corrected chi connectivity index (χ0v) is 7.92. The van der Waals surface area contributed by atoms with Crippen LogP contribution in [0.2, 0.25) is 0 Å². The average Bonchev–Trinajstić information content (AvgIpc) is 2.54. The molecule has 1 aromatic rings. The standard InChI is InChI=1S/C9H15N3O/c1-8-9(7-13-11-8)6-12-4-2-10-3-5-12/h7,10H,2-6H2,1H3. The van der Waals surface area contributed by atoms with Crippen molar-refractivity contribution >= 4 is 0 Å². The van der Waals surface area contributed by atoms with Crippen LogP contribution in [-0.4, -0.2) is 36.2 Å². The number of aryl methyl sites for hydroxylation is 1. The lowest BCUT2D eigenvalue weighted by Gasteiger charge is -2.26. The third-order valence-corrected chi connectivity index (χ3v) is 2.45. The molecule has 1 N–H and O–H groups in total. The molecule has 0 radical (unpaired) electrons. The number of piperazine rings is 1. The van der Waals surface area contributed by atoms with E-state index in [0.717, 1.165) is 38.4 Å². The van der Waals surface area contributed by atoms with Gasteiger partial charge in [-0.1, -0.05) is 5.16 Å². The molecule has 0 unspecified atom stereocenters. The fourth-order valence-corrected chi connectivity index (χ4v) is 1.57. The maximum atomic E-state index is 4.89. The van der Waals surface area contributed by atoms with E-state index in [4.69, 9.17) is 4.52 Å². The normalized spacial score (nSPS) is 19.2. The molecular weight excluding hydrogens is 166 g/mol. The summed E-state index contributed by atoms with van der Waals surface area (Å²) in [7, 11) is 0. The predicted octanol–water partition coefficient (Wildman–Crippen LogP) is 0.388. The zero-order valence-electron chi connectivity index (χ0n) is 7.92. The molecule has 0 bridgehead atoms. The molecule has 72 valence electrons. The van der Waals surface area contributed by atoms with Crippen molar-refractivity contribution in [2.45, 2.75) is 13.5 Å². The van der Waals surface area contributed by atoms with Crippen LogP contribution in [0.1, 0.15) is 11.3 Å². The van der Waals surface area contributed by atoms with Gasteiger partial charge in [-0.25, -0.2) is 0 Å². The second-order valence-corrected chi connectivity index (χ2v) is 3.45. The Morgan fingerprint density at radius 1 is 1.54 bits per heavy atom. The smallest absolute Gasteiger partial charge is 0.128 e. The summed E-state index contributed by atoms with van der Waals surface area (Å²) in [6.45, 7) is 7.36. The Labute approximate surface area is 77.9 Å². The Morgan fingerprint density at radius 2 is 2.31 bits per heavy atom. The Balaban J connectivity index is 1.93.